The number of hydrogen-bond donors (Lipinski definition) is 1. The zero-order valence-corrected chi connectivity index (χ0v) is 11.9. The summed E-state index contributed by atoms with van der Waals surface area (Å²) >= 11 is 1.55. The molecule has 1 unspecified atom stereocenters. The third-order valence-electron chi connectivity index (χ3n) is 2.99. The molecule has 0 saturated heterocycles. The quantitative estimate of drug-likeness (QED) is 0.688. The predicted octanol–water partition coefficient (Wildman–Crippen LogP) is 2.31. The van der Waals surface area contributed by atoms with E-state index >= 15 is 0 Å². The summed E-state index contributed by atoms with van der Waals surface area (Å²) in [6.45, 7) is 2.23. The summed E-state index contributed by atoms with van der Waals surface area (Å²) in [6.07, 6.45) is 1.76. The van der Waals surface area contributed by atoms with E-state index in [2.05, 4.69) is 9.97 Å². The maximum Gasteiger partial charge on any atom is 0.231 e. The Labute approximate surface area is 121 Å². The van der Waals surface area contributed by atoms with Crippen LogP contribution in [0, 0.1) is 6.92 Å². The highest BCUT2D eigenvalue weighted by molar-refractivity contribution is 7.99. The van der Waals surface area contributed by atoms with E-state index in [1.165, 1.54) is 0 Å². The minimum Gasteiger partial charge on any atom is -0.454 e. The van der Waals surface area contributed by atoms with E-state index in [1.807, 2.05) is 31.2 Å². The molecule has 1 aromatic carbocycles. The van der Waals surface area contributed by atoms with Gasteiger partial charge in [0.15, 0.2) is 16.7 Å². The fourth-order valence-electron chi connectivity index (χ4n) is 1.90. The summed E-state index contributed by atoms with van der Waals surface area (Å²) in [5.41, 5.74) is 8.18. The number of rotatable bonds is 4. The molecule has 0 saturated carbocycles. The summed E-state index contributed by atoms with van der Waals surface area (Å²) in [5, 5.41) is 0.751. The number of hydrogen-bond acceptors (Lipinski definition) is 6. The molecule has 104 valence electrons. The molecule has 6 heteroatoms. The second kappa shape index (κ2) is 5.68. The van der Waals surface area contributed by atoms with Crippen molar-refractivity contribution in [2.24, 2.45) is 5.73 Å². The molecule has 1 aliphatic rings. The van der Waals surface area contributed by atoms with Crippen molar-refractivity contribution in [1.82, 2.24) is 9.97 Å². The van der Waals surface area contributed by atoms with Gasteiger partial charge in [-0.1, -0.05) is 17.8 Å². The van der Waals surface area contributed by atoms with Crippen LogP contribution in [-0.4, -0.2) is 22.5 Å². The van der Waals surface area contributed by atoms with Crippen molar-refractivity contribution in [3.8, 4) is 11.5 Å². The lowest BCUT2D eigenvalue weighted by Crippen LogP contribution is -2.13. The van der Waals surface area contributed by atoms with Crippen molar-refractivity contribution >= 4 is 11.8 Å². The first-order valence-electron chi connectivity index (χ1n) is 6.30. The van der Waals surface area contributed by atoms with Crippen LogP contribution in [0.1, 0.15) is 17.3 Å². The first kappa shape index (κ1) is 13.2. The van der Waals surface area contributed by atoms with E-state index in [9.17, 15) is 0 Å². The Hall–Kier alpha value is -1.79. The first-order chi connectivity index (χ1) is 9.72. The number of aryl methyl sites for hydroxylation is 1. The van der Waals surface area contributed by atoms with Gasteiger partial charge in [0.05, 0.1) is 0 Å². The summed E-state index contributed by atoms with van der Waals surface area (Å²) in [6, 6.07) is 7.58. The van der Waals surface area contributed by atoms with E-state index in [-0.39, 0.29) is 12.8 Å². The van der Waals surface area contributed by atoms with Gasteiger partial charge in [0.1, 0.15) is 0 Å². The van der Waals surface area contributed by atoms with Crippen molar-refractivity contribution in [2.45, 2.75) is 18.1 Å². The highest BCUT2D eigenvalue weighted by Crippen LogP contribution is 2.34. The van der Waals surface area contributed by atoms with E-state index in [0.29, 0.717) is 5.75 Å². The highest BCUT2D eigenvalue weighted by Gasteiger charge is 2.16. The topological polar surface area (TPSA) is 70.3 Å². The molecule has 1 atom stereocenters. The van der Waals surface area contributed by atoms with Crippen molar-refractivity contribution in [1.29, 1.82) is 0 Å². The van der Waals surface area contributed by atoms with Gasteiger partial charge in [-0.3, -0.25) is 0 Å². The molecular formula is C14H15N3O2S. The molecule has 0 radical (unpaired) electrons. The van der Waals surface area contributed by atoms with Gasteiger partial charge in [0.2, 0.25) is 6.79 Å². The Morgan fingerprint density at radius 1 is 1.30 bits per heavy atom. The number of benzene rings is 1. The lowest BCUT2D eigenvalue weighted by molar-refractivity contribution is 0.174. The van der Waals surface area contributed by atoms with Crippen LogP contribution in [-0.2, 0) is 0 Å². The molecule has 0 aliphatic carbocycles. The van der Waals surface area contributed by atoms with Gasteiger partial charge < -0.3 is 15.2 Å². The molecule has 20 heavy (non-hydrogen) atoms. The van der Waals surface area contributed by atoms with Crippen molar-refractivity contribution in [3.05, 3.63) is 41.7 Å². The minimum atomic E-state index is -0.0985. The Morgan fingerprint density at radius 2 is 2.15 bits per heavy atom. The Kier molecular flexibility index (Phi) is 3.75. The van der Waals surface area contributed by atoms with Gasteiger partial charge in [-0.05, 0) is 30.7 Å². The van der Waals surface area contributed by atoms with Crippen molar-refractivity contribution in [2.75, 3.05) is 12.5 Å². The van der Waals surface area contributed by atoms with E-state index in [1.54, 1.807) is 18.0 Å². The lowest BCUT2D eigenvalue weighted by atomic mass is 10.1. The number of fused-ring (bicyclic) bond motifs is 1. The molecule has 2 N–H and O–H groups in total. The molecule has 5 nitrogen and oxygen atoms in total. The van der Waals surface area contributed by atoms with Crippen LogP contribution in [0.2, 0.25) is 0 Å². The molecule has 0 amide bonds. The number of thioether (sulfide) groups is 1. The molecule has 1 aromatic heterocycles. The third-order valence-corrected chi connectivity index (χ3v) is 3.97. The highest BCUT2D eigenvalue weighted by atomic mass is 32.2. The van der Waals surface area contributed by atoms with Gasteiger partial charge >= 0.3 is 0 Å². The Bertz CT molecular complexity index is 621. The molecule has 3 rings (SSSR count). The third kappa shape index (κ3) is 2.86. The average Bonchev–Trinajstić information content (AvgIpc) is 2.92. The Morgan fingerprint density at radius 3 is 3.00 bits per heavy atom. The normalized spacial score (nSPS) is 14.3. The zero-order valence-electron chi connectivity index (χ0n) is 11.1. The van der Waals surface area contributed by atoms with Crippen molar-refractivity contribution < 1.29 is 9.47 Å². The fourth-order valence-corrected chi connectivity index (χ4v) is 2.76. The van der Waals surface area contributed by atoms with E-state index in [0.717, 1.165) is 27.9 Å². The smallest absolute Gasteiger partial charge is 0.231 e. The minimum absolute atomic E-state index is 0.0985. The van der Waals surface area contributed by atoms with Gasteiger partial charge in [-0.15, -0.1) is 0 Å². The van der Waals surface area contributed by atoms with E-state index < -0.39 is 0 Å². The molecule has 0 spiro atoms. The number of aromatic nitrogens is 2. The predicted molar refractivity (Wildman–Crippen MR) is 77.0 cm³/mol. The van der Waals surface area contributed by atoms with Gasteiger partial charge in [-0.25, -0.2) is 9.97 Å². The first-order valence-corrected chi connectivity index (χ1v) is 7.28. The van der Waals surface area contributed by atoms with Crippen LogP contribution in [0.5, 0.6) is 11.5 Å². The lowest BCUT2D eigenvalue weighted by Gasteiger charge is -2.11. The number of nitrogens with two attached hydrogens (primary N) is 1. The molecule has 2 heterocycles. The van der Waals surface area contributed by atoms with Crippen LogP contribution < -0.4 is 15.2 Å². The monoisotopic (exact) mass is 289 g/mol. The zero-order chi connectivity index (χ0) is 13.9. The van der Waals surface area contributed by atoms with Crippen LogP contribution in [0.15, 0.2) is 35.6 Å². The Balaban J connectivity index is 1.66. The summed E-state index contributed by atoms with van der Waals surface area (Å²) in [5.74, 6) is 2.24. The average molecular weight is 289 g/mol. The standard InChI is InChI=1S/C14H15N3O2S/c1-9-4-5-16-14(17-9)20-7-11(15)10-2-3-12-13(6-10)19-8-18-12/h2-6,11H,7-8,15H2,1H3. The maximum atomic E-state index is 6.20. The molecule has 2 aromatic rings. The van der Waals surface area contributed by atoms with Crippen LogP contribution >= 0.6 is 11.8 Å². The van der Waals surface area contributed by atoms with Crippen LogP contribution in [0.4, 0.5) is 0 Å². The van der Waals surface area contributed by atoms with Gasteiger partial charge in [0, 0.05) is 23.7 Å². The summed E-state index contributed by atoms with van der Waals surface area (Å²) in [7, 11) is 0. The van der Waals surface area contributed by atoms with E-state index in [4.69, 9.17) is 15.2 Å². The molecule has 0 bridgehead atoms. The largest absolute Gasteiger partial charge is 0.454 e. The van der Waals surface area contributed by atoms with Crippen LogP contribution in [0.25, 0.3) is 0 Å². The van der Waals surface area contributed by atoms with Crippen molar-refractivity contribution in [3.63, 3.8) is 0 Å². The van der Waals surface area contributed by atoms with Gasteiger partial charge in [0.25, 0.3) is 0 Å². The van der Waals surface area contributed by atoms with Gasteiger partial charge in [-0.2, -0.15) is 0 Å². The molecule has 0 fully saturated rings. The second-order valence-electron chi connectivity index (χ2n) is 4.51. The number of ether oxygens (including phenoxy) is 2. The second-order valence-corrected chi connectivity index (χ2v) is 5.50. The fraction of sp³-hybridized carbons (Fsp3) is 0.286. The SMILES string of the molecule is Cc1ccnc(SCC(N)c2ccc3c(c2)OCO3)n1. The summed E-state index contributed by atoms with van der Waals surface area (Å²) in [4.78, 5) is 8.56. The molecule has 1 aliphatic heterocycles. The number of nitrogens with zero attached hydrogens (tertiary/aromatic N) is 2. The van der Waals surface area contributed by atoms with Crippen LogP contribution in [0.3, 0.4) is 0 Å². The molecular weight excluding hydrogens is 274 g/mol. The summed E-state index contributed by atoms with van der Waals surface area (Å²) < 4.78 is 10.6. The maximum absolute atomic E-state index is 6.20.